The normalized spacial score (nSPS) is 22.6. The molecule has 1 aliphatic heterocycles. The van der Waals surface area contributed by atoms with Crippen molar-refractivity contribution in [3.8, 4) is 0 Å². The number of ether oxygens (including phenoxy) is 1. The Morgan fingerprint density at radius 3 is 2.94 bits per heavy atom. The molecule has 1 amide bonds. The summed E-state index contributed by atoms with van der Waals surface area (Å²) in [6.45, 7) is 1.39. The molecular weight excluding hydrogens is 232 g/mol. The van der Waals surface area contributed by atoms with Gasteiger partial charge in [-0.3, -0.25) is 4.79 Å². The highest BCUT2D eigenvalue weighted by molar-refractivity contribution is 5.82. The first-order valence-corrected chi connectivity index (χ1v) is 6.86. The second-order valence-corrected chi connectivity index (χ2v) is 4.96. The van der Waals surface area contributed by atoms with Gasteiger partial charge in [0, 0.05) is 20.3 Å². The smallest absolute Gasteiger partial charge is 0.239 e. The maximum atomic E-state index is 12.3. The van der Waals surface area contributed by atoms with Crippen molar-refractivity contribution in [2.45, 2.75) is 50.6 Å². The minimum Gasteiger partial charge on any atom is -0.394 e. The summed E-state index contributed by atoms with van der Waals surface area (Å²) in [7, 11) is 1.64. The van der Waals surface area contributed by atoms with E-state index < -0.39 is 6.04 Å². The summed E-state index contributed by atoms with van der Waals surface area (Å²) in [5.41, 5.74) is 5.93. The molecule has 106 valence electrons. The van der Waals surface area contributed by atoms with E-state index in [1.54, 1.807) is 12.0 Å². The van der Waals surface area contributed by atoms with E-state index in [1.165, 1.54) is 0 Å². The molecule has 2 atom stereocenters. The molecule has 1 fully saturated rings. The van der Waals surface area contributed by atoms with Crippen LogP contribution in [0.2, 0.25) is 0 Å². The molecular formula is C13H26N2O3. The number of aliphatic hydroxyl groups is 1. The van der Waals surface area contributed by atoms with Crippen molar-refractivity contribution in [2.24, 2.45) is 5.73 Å². The van der Waals surface area contributed by atoms with E-state index in [0.29, 0.717) is 13.0 Å². The number of methoxy groups -OCH3 is 1. The third-order valence-corrected chi connectivity index (χ3v) is 3.55. The quantitative estimate of drug-likeness (QED) is 0.680. The van der Waals surface area contributed by atoms with Crippen molar-refractivity contribution in [1.82, 2.24) is 4.90 Å². The Morgan fingerprint density at radius 2 is 2.28 bits per heavy atom. The highest BCUT2D eigenvalue weighted by atomic mass is 16.5. The van der Waals surface area contributed by atoms with Gasteiger partial charge in [0.1, 0.15) is 0 Å². The fourth-order valence-electron chi connectivity index (χ4n) is 2.44. The predicted molar refractivity (Wildman–Crippen MR) is 70.1 cm³/mol. The van der Waals surface area contributed by atoms with Gasteiger partial charge in [-0.1, -0.05) is 12.8 Å². The van der Waals surface area contributed by atoms with Crippen LogP contribution < -0.4 is 5.73 Å². The molecule has 0 saturated carbocycles. The van der Waals surface area contributed by atoms with E-state index in [2.05, 4.69) is 0 Å². The molecule has 1 rings (SSSR count). The summed E-state index contributed by atoms with van der Waals surface area (Å²) in [5, 5.41) is 9.38. The van der Waals surface area contributed by atoms with Gasteiger partial charge in [-0.05, 0) is 25.7 Å². The maximum absolute atomic E-state index is 12.3. The zero-order valence-corrected chi connectivity index (χ0v) is 11.3. The van der Waals surface area contributed by atoms with Gasteiger partial charge in [0.2, 0.25) is 5.91 Å². The lowest BCUT2D eigenvalue weighted by Gasteiger charge is -2.31. The Morgan fingerprint density at radius 1 is 1.50 bits per heavy atom. The second-order valence-electron chi connectivity index (χ2n) is 4.96. The van der Waals surface area contributed by atoms with Crippen molar-refractivity contribution in [3.63, 3.8) is 0 Å². The number of likely N-dealkylation sites (tertiary alicyclic amines) is 1. The van der Waals surface area contributed by atoms with E-state index in [0.717, 1.165) is 38.6 Å². The van der Waals surface area contributed by atoms with Crippen LogP contribution in [0.5, 0.6) is 0 Å². The SMILES string of the molecule is COCCCC(N)C(=O)N1CCCCCC1CO. The van der Waals surface area contributed by atoms with Crippen molar-refractivity contribution >= 4 is 5.91 Å². The zero-order valence-electron chi connectivity index (χ0n) is 11.3. The average Bonchev–Trinajstić information content (AvgIpc) is 2.62. The molecule has 5 nitrogen and oxygen atoms in total. The maximum Gasteiger partial charge on any atom is 0.239 e. The molecule has 2 unspecified atom stereocenters. The number of carbonyl (C=O) groups excluding carboxylic acids is 1. The van der Waals surface area contributed by atoms with Gasteiger partial charge in [0.15, 0.2) is 0 Å². The number of rotatable bonds is 6. The van der Waals surface area contributed by atoms with Gasteiger partial charge >= 0.3 is 0 Å². The third kappa shape index (κ3) is 4.55. The minimum atomic E-state index is -0.465. The molecule has 0 aromatic rings. The summed E-state index contributed by atoms with van der Waals surface area (Å²) in [6.07, 6.45) is 5.52. The molecule has 0 aromatic carbocycles. The Bertz CT molecular complexity index is 248. The topological polar surface area (TPSA) is 75.8 Å². The van der Waals surface area contributed by atoms with Gasteiger partial charge in [-0.2, -0.15) is 0 Å². The van der Waals surface area contributed by atoms with Crippen LogP contribution in [0.15, 0.2) is 0 Å². The molecule has 18 heavy (non-hydrogen) atoms. The number of hydrogen-bond acceptors (Lipinski definition) is 4. The number of amides is 1. The highest BCUT2D eigenvalue weighted by Crippen LogP contribution is 2.17. The van der Waals surface area contributed by atoms with Crippen LogP contribution >= 0.6 is 0 Å². The van der Waals surface area contributed by atoms with Crippen LogP contribution in [0.4, 0.5) is 0 Å². The fraction of sp³-hybridized carbons (Fsp3) is 0.923. The number of aliphatic hydroxyl groups excluding tert-OH is 1. The Labute approximate surface area is 109 Å². The summed E-state index contributed by atoms with van der Waals surface area (Å²) in [6, 6.07) is -0.513. The van der Waals surface area contributed by atoms with Gasteiger partial charge in [0.05, 0.1) is 18.7 Å². The molecule has 0 radical (unpaired) electrons. The molecule has 1 saturated heterocycles. The Hall–Kier alpha value is -0.650. The van der Waals surface area contributed by atoms with Crippen LogP contribution in [0, 0.1) is 0 Å². The third-order valence-electron chi connectivity index (χ3n) is 3.55. The van der Waals surface area contributed by atoms with Gasteiger partial charge < -0.3 is 20.5 Å². The highest BCUT2D eigenvalue weighted by Gasteiger charge is 2.28. The summed E-state index contributed by atoms with van der Waals surface area (Å²) < 4.78 is 4.96. The van der Waals surface area contributed by atoms with E-state index in [-0.39, 0.29) is 18.6 Å². The standard InChI is InChI=1S/C13H26N2O3/c1-18-9-5-7-12(14)13(17)15-8-4-2-3-6-11(15)10-16/h11-12,16H,2-10,14H2,1H3. The van der Waals surface area contributed by atoms with E-state index >= 15 is 0 Å². The van der Waals surface area contributed by atoms with Crippen LogP contribution in [0.25, 0.3) is 0 Å². The first-order chi connectivity index (χ1) is 8.70. The molecule has 5 heteroatoms. The van der Waals surface area contributed by atoms with E-state index in [4.69, 9.17) is 10.5 Å². The largest absolute Gasteiger partial charge is 0.394 e. The van der Waals surface area contributed by atoms with E-state index in [9.17, 15) is 9.90 Å². The lowest BCUT2D eigenvalue weighted by molar-refractivity contribution is -0.136. The average molecular weight is 258 g/mol. The van der Waals surface area contributed by atoms with Crippen LogP contribution in [-0.2, 0) is 9.53 Å². The van der Waals surface area contributed by atoms with Gasteiger partial charge in [-0.25, -0.2) is 0 Å². The molecule has 0 spiro atoms. The van der Waals surface area contributed by atoms with Crippen LogP contribution in [0.1, 0.15) is 38.5 Å². The van der Waals surface area contributed by atoms with Crippen molar-refractivity contribution in [2.75, 3.05) is 26.9 Å². The summed E-state index contributed by atoms with van der Waals surface area (Å²) >= 11 is 0. The first-order valence-electron chi connectivity index (χ1n) is 6.86. The number of hydrogen-bond donors (Lipinski definition) is 2. The molecule has 3 N–H and O–H groups in total. The van der Waals surface area contributed by atoms with Crippen molar-refractivity contribution in [3.05, 3.63) is 0 Å². The summed E-state index contributed by atoms with van der Waals surface area (Å²) in [4.78, 5) is 14.0. The van der Waals surface area contributed by atoms with E-state index in [1.807, 2.05) is 0 Å². The van der Waals surface area contributed by atoms with Gasteiger partial charge in [0.25, 0.3) is 0 Å². The number of nitrogens with two attached hydrogens (primary N) is 1. The van der Waals surface area contributed by atoms with Crippen molar-refractivity contribution in [1.29, 1.82) is 0 Å². The van der Waals surface area contributed by atoms with Crippen LogP contribution in [-0.4, -0.2) is 54.9 Å². The van der Waals surface area contributed by atoms with Gasteiger partial charge in [-0.15, -0.1) is 0 Å². The van der Waals surface area contributed by atoms with Crippen LogP contribution in [0.3, 0.4) is 0 Å². The number of nitrogens with zero attached hydrogens (tertiary/aromatic N) is 1. The molecule has 0 aliphatic carbocycles. The Kier molecular flexibility index (Phi) is 7.23. The lowest BCUT2D eigenvalue weighted by atomic mass is 10.1. The molecule has 1 heterocycles. The molecule has 1 aliphatic rings. The first kappa shape index (κ1) is 15.4. The summed E-state index contributed by atoms with van der Waals surface area (Å²) in [5.74, 6) is -0.0212. The lowest BCUT2D eigenvalue weighted by Crippen LogP contribution is -2.49. The monoisotopic (exact) mass is 258 g/mol. The zero-order chi connectivity index (χ0) is 13.4. The van der Waals surface area contributed by atoms with Crippen molar-refractivity contribution < 1.29 is 14.6 Å². The predicted octanol–water partition coefficient (Wildman–Crippen LogP) is 0.504. The number of carbonyl (C=O) groups is 1. The minimum absolute atomic E-state index is 0.0212. The second kappa shape index (κ2) is 8.45. The molecule has 0 bridgehead atoms. The Balaban J connectivity index is 2.50. The fourth-order valence-corrected chi connectivity index (χ4v) is 2.44. The molecule has 0 aromatic heterocycles.